The maximum atomic E-state index is 3.36. The zero-order valence-corrected chi connectivity index (χ0v) is 37.3. The summed E-state index contributed by atoms with van der Waals surface area (Å²) in [5.41, 5.74) is 16.6. The third-order valence-corrected chi connectivity index (χ3v) is 13.7. The largest absolute Gasteiger partial charge is 0.309 e. The van der Waals surface area contributed by atoms with Crippen LogP contribution >= 0.6 is 0 Å². The van der Waals surface area contributed by atoms with Crippen LogP contribution in [0.4, 0.5) is 0 Å². The first-order chi connectivity index (χ1) is 33.7. The van der Waals surface area contributed by atoms with Crippen molar-refractivity contribution >= 4 is 87.2 Å². The lowest BCUT2D eigenvalue weighted by molar-refractivity contribution is 1.16. The van der Waals surface area contributed by atoms with Gasteiger partial charge in [-0.05, 0) is 108 Å². The molecule has 0 saturated carbocycles. The molecule has 0 amide bonds. The minimum absolute atomic E-state index is 1.14. The van der Waals surface area contributed by atoms with E-state index in [9.17, 15) is 0 Å². The van der Waals surface area contributed by atoms with E-state index in [1.54, 1.807) is 12.2 Å². The number of benzene rings is 10. The highest BCUT2D eigenvalue weighted by molar-refractivity contribution is 6.20. The summed E-state index contributed by atoms with van der Waals surface area (Å²) >= 11 is 0. The molecule has 4 heteroatoms. The number of para-hydroxylation sites is 6. The van der Waals surface area contributed by atoms with Crippen LogP contribution in [0.1, 0.15) is 0 Å². The Kier molecular flexibility index (Phi) is 9.12. The molecule has 68 heavy (non-hydrogen) atoms. The molecule has 0 aliphatic heterocycles. The van der Waals surface area contributed by atoms with Crippen molar-refractivity contribution in [1.29, 1.82) is 0 Å². The second kappa shape index (κ2) is 15.8. The van der Waals surface area contributed by atoms with Gasteiger partial charge in [-0.1, -0.05) is 159 Å². The first-order valence-electron chi connectivity index (χ1n) is 23.2. The van der Waals surface area contributed by atoms with Crippen LogP contribution in [0.25, 0.3) is 121 Å². The molecule has 14 rings (SSSR count). The van der Waals surface area contributed by atoms with E-state index in [2.05, 4.69) is 262 Å². The normalized spacial score (nSPS) is 11.6. The predicted octanol–water partition coefficient (Wildman–Crippen LogP) is 17.1. The van der Waals surface area contributed by atoms with Crippen molar-refractivity contribution in [3.8, 4) is 33.9 Å². The quantitative estimate of drug-likeness (QED) is 0.148. The number of nitrogens with zero attached hydrogens (tertiary/aromatic N) is 4. The molecule has 0 saturated heterocycles. The Labute approximate surface area is 393 Å². The zero-order chi connectivity index (χ0) is 45.3. The molecule has 0 N–H and O–H groups in total. The molecule has 14 aromatic rings. The van der Waals surface area contributed by atoms with E-state index >= 15 is 0 Å². The van der Waals surface area contributed by atoms with Crippen molar-refractivity contribution < 1.29 is 0 Å². The predicted molar refractivity (Wildman–Crippen MR) is 290 cm³/mol. The molecule has 4 nitrogen and oxygen atoms in total. The summed E-state index contributed by atoms with van der Waals surface area (Å²) in [6.45, 7) is 6.72. The van der Waals surface area contributed by atoms with Crippen molar-refractivity contribution in [1.82, 2.24) is 18.3 Å². The van der Waals surface area contributed by atoms with Crippen molar-refractivity contribution in [2.45, 2.75) is 0 Å². The van der Waals surface area contributed by atoms with Gasteiger partial charge in [0.2, 0.25) is 0 Å². The second-order valence-electron chi connectivity index (χ2n) is 17.4. The van der Waals surface area contributed by atoms with Crippen LogP contribution in [0.5, 0.6) is 0 Å². The molecule has 0 aliphatic rings. The molecule has 0 radical (unpaired) electrons. The molecular weight excluding hydrogens is 825 g/mol. The van der Waals surface area contributed by atoms with E-state index < -0.39 is 0 Å². The van der Waals surface area contributed by atoms with Crippen molar-refractivity contribution in [3.05, 3.63) is 256 Å². The summed E-state index contributed by atoms with van der Waals surface area (Å²) in [6, 6.07) is 84.4. The van der Waals surface area contributed by atoms with Gasteiger partial charge in [0.15, 0.2) is 0 Å². The molecule has 4 aromatic heterocycles. The van der Waals surface area contributed by atoms with E-state index in [-0.39, 0.29) is 0 Å². The van der Waals surface area contributed by atoms with Crippen LogP contribution in [0.15, 0.2) is 256 Å². The van der Waals surface area contributed by atoms with Gasteiger partial charge in [0.05, 0.1) is 44.1 Å². The second-order valence-corrected chi connectivity index (χ2v) is 17.4. The van der Waals surface area contributed by atoms with Crippen LogP contribution in [0.2, 0.25) is 0 Å². The third kappa shape index (κ3) is 6.01. The third-order valence-electron chi connectivity index (χ3n) is 13.7. The van der Waals surface area contributed by atoms with E-state index in [0.29, 0.717) is 0 Å². The van der Waals surface area contributed by atoms with Crippen molar-refractivity contribution in [2.75, 3.05) is 0 Å². The fourth-order valence-electron chi connectivity index (χ4n) is 10.7. The monoisotopic (exact) mass is 868 g/mol. The molecular formula is C64H44N4. The maximum absolute atomic E-state index is 3.36. The van der Waals surface area contributed by atoms with E-state index in [4.69, 9.17) is 0 Å². The molecule has 0 atom stereocenters. The van der Waals surface area contributed by atoms with Gasteiger partial charge in [-0.15, -0.1) is 0 Å². The summed E-state index contributed by atoms with van der Waals surface area (Å²) in [5.74, 6) is 0. The fourth-order valence-corrected chi connectivity index (χ4v) is 10.7. The summed E-state index contributed by atoms with van der Waals surface area (Å²) in [6.07, 6.45) is 3.28. The SMILES string of the molecule is C=CC=C.c1ccc(-n2c3ccccc3c3cc4c5ccccc5n(-c5ccc(-c6ccc(-n7c8ccccc8c8cc9c%10ccccc%10n(-c%10ccccc%10)c9cc87)cc6)cc5)c4cc32)cc1. The lowest BCUT2D eigenvalue weighted by atomic mass is 10.0. The van der Waals surface area contributed by atoms with E-state index in [1.165, 1.54) is 98.4 Å². The number of hydrogen-bond donors (Lipinski definition) is 0. The van der Waals surface area contributed by atoms with Gasteiger partial charge < -0.3 is 18.3 Å². The number of fused-ring (bicyclic) bond motifs is 12. The van der Waals surface area contributed by atoms with Crippen LogP contribution in [-0.2, 0) is 0 Å². The van der Waals surface area contributed by atoms with Gasteiger partial charge >= 0.3 is 0 Å². The average Bonchev–Trinajstić information content (AvgIpc) is 4.12. The number of allylic oxidation sites excluding steroid dienone is 2. The van der Waals surface area contributed by atoms with Gasteiger partial charge in [-0.3, -0.25) is 0 Å². The van der Waals surface area contributed by atoms with Gasteiger partial charge in [0.25, 0.3) is 0 Å². The molecule has 0 bridgehead atoms. The molecule has 0 fully saturated rings. The van der Waals surface area contributed by atoms with Crippen LogP contribution < -0.4 is 0 Å². The van der Waals surface area contributed by atoms with Gasteiger partial charge in [-0.25, -0.2) is 0 Å². The van der Waals surface area contributed by atoms with Crippen LogP contribution in [0, 0.1) is 0 Å². The van der Waals surface area contributed by atoms with E-state index in [0.717, 1.165) is 22.7 Å². The molecule has 10 aromatic carbocycles. The van der Waals surface area contributed by atoms with E-state index in [1.807, 2.05) is 0 Å². The first-order valence-corrected chi connectivity index (χ1v) is 23.2. The van der Waals surface area contributed by atoms with Crippen LogP contribution in [0.3, 0.4) is 0 Å². The van der Waals surface area contributed by atoms with Crippen molar-refractivity contribution in [2.24, 2.45) is 0 Å². The fraction of sp³-hybridized carbons (Fsp3) is 0. The summed E-state index contributed by atoms with van der Waals surface area (Å²) < 4.78 is 9.67. The summed E-state index contributed by atoms with van der Waals surface area (Å²) in [5, 5.41) is 10.1. The lowest BCUT2D eigenvalue weighted by Crippen LogP contribution is -1.96. The highest BCUT2D eigenvalue weighted by atomic mass is 15.0. The minimum Gasteiger partial charge on any atom is -0.309 e. The molecule has 0 spiro atoms. The summed E-state index contributed by atoms with van der Waals surface area (Å²) in [4.78, 5) is 0. The Balaban J connectivity index is 0.00000110. The highest BCUT2D eigenvalue weighted by Crippen LogP contribution is 2.42. The maximum Gasteiger partial charge on any atom is 0.0562 e. The molecule has 0 unspecified atom stereocenters. The van der Waals surface area contributed by atoms with Crippen LogP contribution in [-0.4, -0.2) is 18.3 Å². The molecule has 4 heterocycles. The Bertz CT molecular complexity index is 3980. The number of hydrogen-bond acceptors (Lipinski definition) is 0. The van der Waals surface area contributed by atoms with Crippen molar-refractivity contribution in [3.63, 3.8) is 0 Å². The van der Waals surface area contributed by atoms with Gasteiger partial charge in [-0.2, -0.15) is 0 Å². The Hall–Kier alpha value is -9.12. The number of rotatable bonds is 6. The minimum atomic E-state index is 1.14. The average molecular weight is 869 g/mol. The molecule has 320 valence electrons. The first kappa shape index (κ1) is 39.3. The standard InChI is InChI=1S/C60H38N4.C4H6/c1-3-15-41(16-4-1)61-53-23-11-7-19-45(53)49-35-51-47-21-9-13-25-55(47)63(59(51)37-57(49)61)43-31-27-39(28-32-43)40-29-33-44(34-30-40)64-56-26-14-10-22-48(56)52-36-50-46-20-8-12-24-54(46)62(58(50)38-60(52)64)42-17-5-2-6-18-42;1-3-4-2/h1-38H;3-4H,1-2H2. The smallest absolute Gasteiger partial charge is 0.0562 e. The lowest BCUT2D eigenvalue weighted by Gasteiger charge is -2.12. The summed E-state index contributed by atoms with van der Waals surface area (Å²) in [7, 11) is 0. The highest BCUT2D eigenvalue weighted by Gasteiger charge is 2.20. The Morgan fingerprint density at radius 1 is 0.221 bits per heavy atom. The van der Waals surface area contributed by atoms with Gasteiger partial charge in [0.1, 0.15) is 0 Å². The topological polar surface area (TPSA) is 19.7 Å². The Morgan fingerprint density at radius 3 is 0.750 bits per heavy atom. The zero-order valence-electron chi connectivity index (χ0n) is 37.3. The number of aromatic nitrogens is 4. The molecule has 0 aliphatic carbocycles. The van der Waals surface area contributed by atoms with Gasteiger partial charge in [0, 0.05) is 65.8 Å². The Morgan fingerprint density at radius 2 is 0.471 bits per heavy atom.